The fourth-order valence-corrected chi connectivity index (χ4v) is 2.16. The second-order valence-corrected chi connectivity index (χ2v) is 5.21. The third-order valence-electron chi connectivity index (χ3n) is 3.41. The number of benzene rings is 1. The smallest absolute Gasteiger partial charge is 0.239 e. The lowest BCUT2D eigenvalue weighted by Crippen LogP contribution is -2.39. The second kappa shape index (κ2) is 12.0. The van der Waals surface area contributed by atoms with E-state index in [4.69, 9.17) is 13.9 Å². The van der Waals surface area contributed by atoms with Gasteiger partial charge >= 0.3 is 0 Å². The molecule has 1 amide bonds. The average Bonchev–Trinajstić information content (AvgIpc) is 3.17. The lowest BCUT2D eigenvalue weighted by molar-refractivity contribution is -0.120. The van der Waals surface area contributed by atoms with E-state index in [1.54, 1.807) is 38.6 Å². The molecular formula is C18H25IN4O4. The van der Waals surface area contributed by atoms with Crippen molar-refractivity contribution in [3.63, 3.8) is 0 Å². The maximum Gasteiger partial charge on any atom is 0.239 e. The summed E-state index contributed by atoms with van der Waals surface area (Å²) in [6.07, 6.45) is 1.57. The van der Waals surface area contributed by atoms with Crippen LogP contribution in [0.3, 0.4) is 0 Å². The van der Waals surface area contributed by atoms with E-state index in [-0.39, 0.29) is 36.4 Å². The van der Waals surface area contributed by atoms with Gasteiger partial charge in [-0.25, -0.2) is 0 Å². The Morgan fingerprint density at radius 2 is 2.04 bits per heavy atom. The fraction of sp³-hybridized carbons (Fsp3) is 0.333. The highest BCUT2D eigenvalue weighted by atomic mass is 127. The molecule has 0 saturated carbocycles. The molecule has 1 heterocycles. The van der Waals surface area contributed by atoms with E-state index >= 15 is 0 Å². The molecule has 0 fully saturated rings. The number of nitrogens with one attached hydrogen (secondary N) is 3. The number of amides is 1. The van der Waals surface area contributed by atoms with Crippen molar-refractivity contribution in [2.24, 2.45) is 4.99 Å². The van der Waals surface area contributed by atoms with Gasteiger partial charge in [0.05, 0.1) is 33.1 Å². The number of halogens is 1. The molecule has 0 aliphatic heterocycles. The van der Waals surface area contributed by atoms with Crippen LogP contribution in [0.15, 0.2) is 46.0 Å². The summed E-state index contributed by atoms with van der Waals surface area (Å²) >= 11 is 0. The van der Waals surface area contributed by atoms with Gasteiger partial charge in [0.2, 0.25) is 5.91 Å². The molecule has 148 valence electrons. The zero-order valence-electron chi connectivity index (χ0n) is 15.6. The predicted octanol–water partition coefficient (Wildman–Crippen LogP) is 2.61. The normalized spacial score (nSPS) is 10.6. The minimum Gasteiger partial charge on any atom is -0.493 e. The molecule has 0 bridgehead atoms. The van der Waals surface area contributed by atoms with Crippen LogP contribution >= 0.6 is 24.0 Å². The lowest BCUT2D eigenvalue weighted by atomic mass is 10.2. The number of rotatable bonds is 8. The Morgan fingerprint density at radius 3 is 2.67 bits per heavy atom. The maximum absolute atomic E-state index is 11.9. The van der Waals surface area contributed by atoms with E-state index < -0.39 is 0 Å². The highest BCUT2D eigenvalue weighted by Gasteiger charge is 2.08. The second-order valence-electron chi connectivity index (χ2n) is 5.21. The summed E-state index contributed by atoms with van der Waals surface area (Å²) in [5.41, 5.74) is 0.762. The van der Waals surface area contributed by atoms with Crippen molar-refractivity contribution in [1.82, 2.24) is 10.6 Å². The molecule has 9 heteroatoms. The molecule has 2 rings (SSSR count). The molecule has 0 radical (unpaired) electrons. The van der Waals surface area contributed by atoms with E-state index in [2.05, 4.69) is 20.9 Å². The number of methoxy groups -OCH3 is 1. The predicted molar refractivity (Wildman–Crippen MR) is 115 cm³/mol. The van der Waals surface area contributed by atoms with Crippen LogP contribution in [0, 0.1) is 0 Å². The van der Waals surface area contributed by atoms with Crippen molar-refractivity contribution in [1.29, 1.82) is 0 Å². The number of carbonyl (C=O) groups is 1. The number of carbonyl (C=O) groups excluding carboxylic acids is 1. The molecule has 0 aliphatic carbocycles. The third-order valence-corrected chi connectivity index (χ3v) is 3.41. The highest BCUT2D eigenvalue weighted by Crippen LogP contribution is 2.30. The Hall–Kier alpha value is -2.43. The number of hydrogen-bond donors (Lipinski definition) is 3. The molecular weight excluding hydrogens is 463 g/mol. The summed E-state index contributed by atoms with van der Waals surface area (Å²) in [6.45, 7) is 2.86. The van der Waals surface area contributed by atoms with Gasteiger partial charge in [-0.05, 0) is 31.2 Å². The zero-order valence-corrected chi connectivity index (χ0v) is 17.9. The SMILES string of the molecule is CCOc1cc(NC(=NC)NCC(=O)NCc2ccco2)ccc1OC.I. The van der Waals surface area contributed by atoms with Crippen LogP contribution in [0.5, 0.6) is 11.5 Å². The Balaban J connectivity index is 0.00000364. The fourth-order valence-electron chi connectivity index (χ4n) is 2.16. The summed E-state index contributed by atoms with van der Waals surface area (Å²) in [5.74, 6) is 2.27. The molecule has 0 spiro atoms. The van der Waals surface area contributed by atoms with Gasteiger partial charge in [0.15, 0.2) is 17.5 Å². The van der Waals surface area contributed by atoms with Crippen molar-refractivity contribution < 1.29 is 18.7 Å². The number of furan rings is 1. The zero-order chi connectivity index (χ0) is 18.8. The van der Waals surface area contributed by atoms with E-state index in [0.717, 1.165) is 5.69 Å². The van der Waals surface area contributed by atoms with Gasteiger partial charge in [0.1, 0.15) is 5.76 Å². The number of anilines is 1. The molecule has 0 saturated heterocycles. The summed E-state index contributed by atoms with van der Waals surface area (Å²) in [6, 6.07) is 9.03. The lowest BCUT2D eigenvalue weighted by Gasteiger charge is -2.14. The first-order valence-corrected chi connectivity index (χ1v) is 8.23. The van der Waals surface area contributed by atoms with E-state index in [9.17, 15) is 4.79 Å². The number of nitrogens with zero attached hydrogens (tertiary/aromatic N) is 1. The third kappa shape index (κ3) is 7.37. The van der Waals surface area contributed by atoms with Crippen LogP contribution < -0.4 is 25.4 Å². The van der Waals surface area contributed by atoms with Crippen molar-refractivity contribution in [2.75, 3.05) is 32.6 Å². The number of hydrogen-bond acceptors (Lipinski definition) is 5. The van der Waals surface area contributed by atoms with Gasteiger partial charge in [-0.1, -0.05) is 0 Å². The van der Waals surface area contributed by atoms with Crippen LogP contribution in [0.1, 0.15) is 12.7 Å². The van der Waals surface area contributed by atoms with Crippen molar-refractivity contribution in [2.45, 2.75) is 13.5 Å². The molecule has 0 atom stereocenters. The molecule has 2 aromatic rings. The van der Waals surface area contributed by atoms with Gasteiger partial charge in [-0.15, -0.1) is 24.0 Å². The van der Waals surface area contributed by atoms with Crippen LogP contribution in [0.2, 0.25) is 0 Å². The van der Waals surface area contributed by atoms with Gasteiger partial charge < -0.3 is 29.8 Å². The standard InChI is InChI=1S/C18H24N4O4.HI/c1-4-25-16-10-13(7-8-15(16)24-3)22-18(19-2)21-12-17(23)20-11-14-6-5-9-26-14;/h5-10H,4,11-12H2,1-3H3,(H,20,23)(H2,19,21,22);1H. The van der Waals surface area contributed by atoms with E-state index in [1.807, 2.05) is 19.1 Å². The monoisotopic (exact) mass is 488 g/mol. The molecule has 8 nitrogen and oxygen atoms in total. The van der Waals surface area contributed by atoms with Gasteiger partial charge in [-0.3, -0.25) is 9.79 Å². The van der Waals surface area contributed by atoms with Crippen molar-refractivity contribution >= 4 is 41.5 Å². The molecule has 0 aliphatic rings. The quantitative estimate of drug-likeness (QED) is 0.301. The molecule has 27 heavy (non-hydrogen) atoms. The maximum atomic E-state index is 11.9. The van der Waals surface area contributed by atoms with E-state index in [0.29, 0.717) is 36.4 Å². The molecule has 3 N–H and O–H groups in total. The van der Waals surface area contributed by atoms with Crippen LogP contribution in [0.25, 0.3) is 0 Å². The van der Waals surface area contributed by atoms with Crippen LogP contribution in [0.4, 0.5) is 5.69 Å². The number of aliphatic imine (C=N–C) groups is 1. The van der Waals surface area contributed by atoms with Crippen LogP contribution in [-0.4, -0.2) is 39.2 Å². The average molecular weight is 488 g/mol. The van der Waals surface area contributed by atoms with E-state index in [1.165, 1.54) is 0 Å². The van der Waals surface area contributed by atoms with Gasteiger partial charge in [-0.2, -0.15) is 0 Å². The summed E-state index contributed by atoms with van der Waals surface area (Å²) in [4.78, 5) is 16.0. The first-order valence-electron chi connectivity index (χ1n) is 8.23. The Labute approximate surface area is 175 Å². The van der Waals surface area contributed by atoms with Crippen molar-refractivity contribution in [3.05, 3.63) is 42.4 Å². The number of guanidine groups is 1. The van der Waals surface area contributed by atoms with Crippen LogP contribution in [-0.2, 0) is 11.3 Å². The summed E-state index contributed by atoms with van der Waals surface area (Å²) in [5, 5.41) is 8.82. The topological polar surface area (TPSA) is 97.1 Å². The first-order chi connectivity index (χ1) is 12.7. The summed E-state index contributed by atoms with van der Waals surface area (Å²) < 4.78 is 16.0. The Kier molecular flexibility index (Phi) is 10.1. The minimum absolute atomic E-state index is 0. The highest BCUT2D eigenvalue weighted by molar-refractivity contribution is 14.0. The van der Waals surface area contributed by atoms with Crippen molar-refractivity contribution in [3.8, 4) is 11.5 Å². The van der Waals surface area contributed by atoms with Gasteiger partial charge in [0.25, 0.3) is 0 Å². The molecule has 1 aromatic carbocycles. The first kappa shape index (κ1) is 22.6. The Morgan fingerprint density at radius 1 is 1.22 bits per heavy atom. The van der Waals surface area contributed by atoms with Gasteiger partial charge in [0, 0.05) is 18.8 Å². The minimum atomic E-state index is -0.172. The summed E-state index contributed by atoms with van der Waals surface area (Å²) in [7, 11) is 3.22. The largest absolute Gasteiger partial charge is 0.493 e. The Bertz CT molecular complexity index is 735. The molecule has 0 unspecified atom stereocenters. The molecule has 1 aromatic heterocycles. The number of ether oxygens (including phenoxy) is 2.